The van der Waals surface area contributed by atoms with Gasteiger partial charge in [-0.15, -0.1) is 0 Å². The third-order valence-corrected chi connectivity index (χ3v) is 6.82. The number of rotatable bonds is 6. The lowest BCUT2D eigenvalue weighted by atomic mass is 9.98. The molecule has 1 aliphatic carbocycles. The molecule has 0 aromatic heterocycles. The first-order valence-corrected chi connectivity index (χ1v) is 11.3. The monoisotopic (exact) mass is 493 g/mol. The Bertz CT molecular complexity index is 1130. The van der Waals surface area contributed by atoms with E-state index in [9.17, 15) is 14.7 Å². The molecule has 0 spiro atoms. The number of amides is 1. The standard InChI is InChI=1S/C26H24BrNO4/c1-3-28(24(25(29)30)17-13-12-16(2)23(27)14-17)26(31)32-15-22-20-10-6-4-8-18(20)19-9-5-7-11-21(19)22/h4-14,22,24H,3,15H2,1-2H3,(H,29,30). The number of likely N-dealkylation sites (N-methyl/N-ethyl adjacent to an activating group) is 1. The molecule has 1 unspecified atom stereocenters. The van der Waals surface area contributed by atoms with Gasteiger partial charge in [-0.05, 0) is 53.3 Å². The van der Waals surface area contributed by atoms with Gasteiger partial charge in [0, 0.05) is 16.9 Å². The first kappa shape index (κ1) is 22.1. The Kier molecular flexibility index (Phi) is 6.33. The molecule has 0 heterocycles. The number of halogens is 1. The Hall–Kier alpha value is -3.12. The molecule has 32 heavy (non-hydrogen) atoms. The van der Waals surface area contributed by atoms with Crippen LogP contribution in [0.2, 0.25) is 0 Å². The van der Waals surface area contributed by atoms with E-state index in [-0.39, 0.29) is 19.1 Å². The van der Waals surface area contributed by atoms with Gasteiger partial charge in [0.2, 0.25) is 0 Å². The van der Waals surface area contributed by atoms with Gasteiger partial charge in [0.25, 0.3) is 0 Å². The van der Waals surface area contributed by atoms with Crippen LogP contribution in [-0.4, -0.2) is 35.2 Å². The van der Waals surface area contributed by atoms with Crippen molar-refractivity contribution in [1.82, 2.24) is 4.90 Å². The minimum atomic E-state index is -1.13. The maximum Gasteiger partial charge on any atom is 0.410 e. The number of benzene rings is 3. The molecule has 0 fully saturated rings. The zero-order valence-electron chi connectivity index (χ0n) is 17.9. The molecule has 1 N–H and O–H groups in total. The van der Waals surface area contributed by atoms with Crippen LogP contribution >= 0.6 is 15.9 Å². The summed E-state index contributed by atoms with van der Waals surface area (Å²) in [7, 11) is 0. The lowest BCUT2D eigenvalue weighted by Gasteiger charge is -2.28. The highest BCUT2D eigenvalue weighted by molar-refractivity contribution is 9.10. The summed E-state index contributed by atoms with van der Waals surface area (Å²) in [6, 6.07) is 20.4. The summed E-state index contributed by atoms with van der Waals surface area (Å²) in [6.07, 6.45) is -0.640. The molecule has 6 heteroatoms. The zero-order chi connectivity index (χ0) is 22.8. The highest BCUT2D eigenvalue weighted by Gasteiger charge is 2.34. The molecule has 0 aliphatic heterocycles. The van der Waals surface area contributed by atoms with Crippen molar-refractivity contribution < 1.29 is 19.4 Å². The number of nitrogens with zero attached hydrogens (tertiary/aromatic N) is 1. The Balaban J connectivity index is 1.57. The molecule has 4 rings (SSSR count). The predicted molar refractivity (Wildman–Crippen MR) is 127 cm³/mol. The molecule has 1 atom stereocenters. The molecule has 1 amide bonds. The molecule has 0 saturated carbocycles. The van der Waals surface area contributed by atoms with Gasteiger partial charge in [0.1, 0.15) is 6.61 Å². The number of carboxylic acids is 1. The van der Waals surface area contributed by atoms with Crippen LogP contribution in [0, 0.1) is 6.92 Å². The van der Waals surface area contributed by atoms with Crippen molar-refractivity contribution >= 4 is 28.0 Å². The van der Waals surface area contributed by atoms with Crippen molar-refractivity contribution in [2.75, 3.05) is 13.2 Å². The zero-order valence-corrected chi connectivity index (χ0v) is 19.5. The molecule has 0 radical (unpaired) electrons. The summed E-state index contributed by atoms with van der Waals surface area (Å²) in [4.78, 5) is 26.4. The lowest BCUT2D eigenvalue weighted by Crippen LogP contribution is -2.39. The summed E-state index contributed by atoms with van der Waals surface area (Å²) in [5.74, 6) is -1.18. The average Bonchev–Trinajstić information content (AvgIpc) is 3.11. The van der Waals surface area contributed by atoms with E-state index in [0.717, 1.165) is 32.3 Å². The van der Waals surface area contributed by atoms with Crippen LogP contribution in [0.25, 0.3) is 11.1 Å². The lowest BCUT2D eigenvalue weighted by molar-refractivity contribution is -0.143. The van der Waals surface area contributed by atoms with E-state index in [1.807, 2.05) is 37.3 Å². The fourth-order valence-corrected chi connectivity index (χ4v) is 4.73. The first-order valence-electron chi connectivity index (χ1n) is 10.5. The molecule has 5 nitrogen and oxygen atoms in total. The van der Waals surface area contributed by atoms with E-state index >= 15 is 0 Å². The first-order chi connectivity index (χ1) is 15.4. The fraction of sp³-hybridized carbons (Fsp3) is 0.231. The normalized spacial score (nSPS) is 13.2. The van der Waals surface area contributed by atoms with Crippen LogP contribution in [0.4, 0.5) is 4.79 Å². The third kappa shape index (κ3) is 4.02. The number of carbonyl (C=O) groups excluding carboxylic acids is 1. The minimum absolute atomic E-state index is 0.0816. The van der Waals surface area contributed by atoms with Gasteiger partial charge in [-0.2, -0.15) is 0 Å². The Morgan fingerprint density at radius 2 is 1.62 bits per heavy atom. The van der Waals surface area contributed by atoms with Gasteiger partial charge >= 0.3 is 12.1 Å². The van der Waals surface area contributed by atoms with Crippen molar-refractivity contribution in [2.24, 2.45) is 0 Å². The van der Waals surface area contributed by atoms with Gasteiger partial charge in [0.05, 0.1) is 0 Å². The largest absolute Gasteiger partial charge is 0.479 e. The van der Waals surface area contributed by atoms with Crippen LogP contribution in [0.1, 0.15) is 41.1 Å². The second kappa shape index (κ2) is 9.17. The Morgan fingerprint density at radius 3 is 2.16 bits per heavy atom. The van der Waals surface area contributed by atoms with E-state index in [0.29, 0.717) is 5.56 Å². The maximum absolute atomic E-state index is 13.1. The number of fused-ring (bicyclic) bond motifs is 3. The quantitative estimate of drug-likeness (QED) is 0.446. The molecule has 3 aromatic carbocycles. The summed E-state index contributed by atoms with van der Waals surface area (Å²) in [5.41, 5.74) is 6.02. The van der Waals surface area contributed by atoms with Crippen molar-refractivity contribution in [1.29, 1.82) is 0 Å². The number of hydrogen-bond acceptors (Lipinski definition) is 3. The van der Waals surface area contributed by atoms with E-state index < -0.39 is 18.1 Å². The van der Waals surface area contributed by atoms with Crippen LogP contribution < -0.4 is 0 Å². The Labute approximate surface area is 195 Å². The molecule has 1 aliphatic rings. The molecular formula is C26H24BrNO4. The summed E-state index contributed by atoms with van der Waals surface area (Å²) in [6.45, 7) is 4.03. The second-order valence-electron chi connectivity index (χ2n) is 7.84. The van der Waals surface area contributed by atoms with Gasteiger partial charge in [-0.1, -0.05) is 76.6 Å². The van der Waals surface area contributed by atoms with Gasteiger partial charge in [-0.3, -0.25) is 4.90 Å². The van der Waals surface area contributed by atoms with E-state index in [1.54, 1.807) is 19.1 Å². The van der Waals surface area contributed by atoms with Crippen molar-refractivity contribution in [3.8, 4) is 11.1 Å². The number of aliphatic carboxylic acids is 1. The maximum atomic E-state index is 13.1. The minimum Gasteiger partial charge on any atom is -0.479 e. The van der Waals surface area contributed by atoms with E-state index in [4.69, 9.17) is 4.74 Å². The van der Waals surface area contributed by atoms with Crippen LogP contribution in [0.5, 0.6) is 0 Å². The number of carbonyl (C=O) groups is 2. The highest BCUT2D eigenvalue weighted by atomic mass is 79.9. The summed E-state index contributed by atoms with van der Waals surface area (Å²) in [5, 5.41) is 9.91. The second-order valence-corrected chi connectivity index (χ2v) is 8.69. The number of hydrogen-bond donors (Lipinski definition) is 1. The smallest absolute Gasteiger partial charge is 0.410 e. The van der Waals surface area contributed by atoms with Crippen molar-refractivity contribution in [2.45, 2.75) is 25.8 Å². The molecule has 0 bridgehead atoms. The van der Waals surface area contributed by atoms with Crippen molar-refractivity contribution in [3.63, 3.8) is 0 Å². The average molecular weight is 494 g/mol. The van der Waals surface area contributed by atoms with Gasteiger partial charge in [0.15, 0.2) is 6.04 Å². The Morgan fingerprint density at radius 1 is 1.03 bits per heavy atom. The van der Waals surface area contributed by atoms with Crippen LogP contribution in [-0.2, 0) is 9.53 Å². The predicted octanol–water partition coefficient (Wildman–Crippen LogP) is 6.15. The van der Waals surface area contributed by atoms with Gasteiger partial charge in [-0.25, -0.2) is 9.59 Å². The number of carboxylic acid groups (broad SMARTS) is 1. The fourth-order valence-electron chi connectivity index (χ4n) is 4.33. The summed E-state index contributed by atoms with van der Waals surface area (Å²) >= 11 is 3.45. The van der Waals surface area contributed by atoms with Gasteiger partial charge < -0.3 is 9.84 Å². The van der Waals surface area contributed by atoms with Crippen LogP contribution in [0.3, 0.4) is 0 Å². The number of aryl methyl sites for hydroxylation is 1. The SMILES string of the molecule is CCN(C(=O)OCC1c2ccccc2-c2ccccc21)C(C(=O)O)c1ccc(C)c(Br)c1. The highest BCUT2D eigenvalue weighted by Crippen LogP contribution is 2.44. The molecule has 3 aromatic rings. The number of ether oxygens (including phenoxy) is 1. The molecule has 0 saturated heterocycles. The summed E-state index contributed by atoms with van der Waals surface area (Å²) < 4.78 is 6.51. The molecule has 164 valence electrons. The topological polar surface area (TPSA) is 66.8 Å². The molecular weight excluding hydrogens is 470 g/mol. The third-order valence-electron chi connectivity index (χ3n) is 5.97. The van der Waals surface area contributed by atoms with Crippen LogP contribution in [0.15, 0.2) is 71.2 Å². The van der Waals surface area contributed by atoms with E-state index in [2.05, 4.69) is 40.2 Å². The van der Waals surface area contributed by atoms with E-state index in [1.165, 1.54) is 4.90 Å². The van der Waals surface area contributed by atoms with Crippen molar-refractivity contribution in [3.05, 3.63) is 93.5 Å².